The summed E-state index contributed by atoms with van der Waals surface area (Å²) in [6, 6.07) is 19.3. The number of anilines is 2. The number of hydrogen-bond acceptors (Lipinski definition) is 4. The van der Waals surface area contributed by atoms with E-state index in [0.29, 0.717) is 17.1 Å². The minimum absolute atomic E-state index is 0.137. The van der Waals surface area contributed by atoms with E-state index in [9.17, 15) is 9.59 Å². The zero-order valence-corrected chi connectivity index (χ0v) is 15.0. The number of carbonyl (C=O) groups excluding carboxylic acids is 2. The van der Waals surface area contributed by atoms with Gasteiger partial charge in [0.1, 0.15) is 17.1 Å². The number of para-hydroxylation sites is 3. The molecule has 1 aromatic heterocycles. The summed E-state index contributed by atoms with van der Waals surface area (Å²) in [5.41, 5.74) is 2.47. The number of nitrogens with one attached hydrogen (secondary N) is 2. The average molecular weight is 361 g/mol. The van der Waals surface area contributed by atoms with Crippen LogP contribution < -0.4 is 15.4 Å². The van der Waals surface area contributed by atoms with Crippen LogP contribution in [0.1, 0.15) is 26.5 Å². The normalized spacial score (nSPS) is 10.1. The van der Waals surface area contributed by atoms with Gasteiger partial charge in [-0.1, -0.05) is 36.4 Å². The van der Waals surface area contributed by atoms with Crippen molar-refractivity contribution in [1.82, 2.24) is 4.98 Å². The molecule has 0 bridgehead atoms. The van der Waals surface area contributed by atoms with Crippen LogP contribution in [0.5, 0.6) is 5.75 Å². The second kappa shape index (κ2) is 8.14. The first-order chi connectivity index (χ1) is 13.1. The molecule has 0 saturated carbocycles. The molecular formula is C21H19N3O3. The molecule has 0 radical (unpaired) electrons. The molecule has 0 atom stereocenters. The van der Waals surface area contributed by atoms with E-state index in [4.69, 9.17) is 4.74 Å². The zero-order valence-electron chi connectivity index (χ0n) is 15.0. The van der Waals surface area contributed by atoms with E-state index in [1.165, 1.54) is 7.11 Å². The summed E-state index contributed by atoms with van der Waals surface area (Å²) in [4.78, 5) is 29.2. The summed E-state index contributed by atoms with van der Waals surface area (Å²) >= 11 is 0. The Morgan fingerprint density at radius 3 is 1.96 bits per heavy atom. The van der Waals surface area contributed by atoms with E-state index in [1.807, 2.05) is 37.3 Å². The van der Waals surface area contributed by atoms with Crippen LogP contribution in [-0.4, -0.2) is 23.9 Å². The summed E-state index contributed by atoms with van der Waals surface area (Å²) in [6.07, 6.45) is 0. The van der Waals surface area contributed by atoms with Crippen LogP contribution in [0.2, 0.25) is 0 Å². The van der Waals surface area contributed by atoms with Crippen LogP contribution >= 0.6 is 0 Å². The van der Waals surface area contributed by atoms with Gasteiger partial charge in [0.2, 0.25) is 0 Å². The van der Waals surface area contributed by atoms with Gasteiger partial charge < -0.3 is 15.4 Å². The van der Waals surface area contributed by atoms with E-state index in [1.54, 1.807) is 36.4 Å². The fraction of sp³-hybridized carbons (Fsp3) is 0.0952. The highest BCUT2D eigenvalue weighted by Crippen LogP contribution is 2.23. The Morgan fingerprint density at radius 2 is 1.33 bits per heavy atom. The number of nitrogens with zero attached hydrogens (tertiary/aromatic N) is 1. The highest BCUT2D eigenvalue weighted by atomic mass is 16.5. The molecular weight excluding hydrogens is 342 g/mol. The smallest absolute Gasteiger partial charge is 0.274 e. The van der Waals surface area contributed by atoms with Crippen LogP contribution in [0, 0.1) is 6.92 Å². The number of aromatic nitrogens is 1. The third-order valence-electron chi connectivity index (χ3n) is 3.96. The maximum Gasteiger partial charge on any atom is 0.274 e. The minimum atomic E-state index is -0.426. The quantitative estimate of drug-likeness (QED) is 0.722. The highest BCUT2D eigenvalue weighted by molar-refractivity contribution is 6.06. The molecule has 0 fully saturated rings. The zero-order chi connectivity index (χ0) is 19.2. The van der Waals surface area contributed by atoms with Crippen LogP contribution in [0.25, 0.3) is 0 Å². The summed E-state index contributed by atoms with van der Waals surface area (Å²) in [7, 11) is 1.53. The van der Waals surface area contributed by atoms with Crippen molar-refractivity contribution in [3.63, 3.8) is 0 Å². The van der Waals surface area contributed by atoms with Crippen LogP contribution in [0.3, 0.4) is 0 Å². The van der Waals surface area contributed by atoms with Crippen molar-refractivity contribution >= 4 is 23.2 Å². The van der Waals surface area contributed by atoms with E-state index in [2.05, 4.69) is 15.6 Å². The minimum Gasteiger partial charge on any atom is -0.495 e. The van der Waals surface area contributed by atoms with Crippen LogP contribution in [0.15, 0.2) is 66.7 Å². The summed E-state index contributed by atoms with van der Waals surface area (Å²) in [5, 5.41) is 5.55. The summed E-state index contributed by atoms with van der Waals surface area (Å²) in [6.45, 7) is 1.90. The number of carbonyl (C=O) groups is 2. The SMILES string of the molecule is COc1ccccc1NC(=O)c1cccc(C(=O)Nc2ccccc2C)n1. The lowest BCUT2D eigenvalue weighted by molar-refractivity contribution is 0.101. The summed E-state index contributed by atoms with van der Waals surface area (Å²) in [5.74, 6) is -0.263. The van der Waals surface area contributed by atoms with Gasteiger partial charge >= 0.3 is 0 Å². The molecule has 1 heterocycles. The van der Waals surface area contributed by atoms with Gasteiger partial charge in [-0.05, 0) is 42.8 Å². The molecule has 136 valence electrons. The molecule has 0 saturated heterocycles. The number of benzene rings is 2. The molecule has 0 spiro atoms. The van der Waals surface area contributed by atoms with E-state index in [0.717, 1.165) is 5.56 Å². The Morgan fingerprint density at radius 1 is 0.778 bits per heavy atom. The van der Waals surface area contributed by atoms with Crippen LogP contribution in [-0.2, 0) is 0 Å². The number of rotatable bonds is 5. The Balaban J connectivity index is 1.77. The van der Waals surface area contributed by atoms with Gasteiger partial charge in [-0.3, -0.25) is 9.59 Å². The number of ether oxygens (including phenoxy) is 1. The molecule has 6 nitrogen and oxygen atoms in total. The van der Waals surface area contributed by atoms with Gasteiger partial charge in [0.25, 0.3) is 11.8 Å². The lowest BCUT2D eigenvalue weighted by atomic mass is 10.2. The Bertz CT molecular complexity index is 986. The predicted molar refractivity (Wildman–Crippen MR) is 104 cm³/mol. The molecule has 2 amide bonds. The second-order valence-electron chi connectivity index (χ2n) is 5.83. The lowest BCUT2D eigenvalue weighted by Gasteiger charge is -2.10. The van der Waals surface area contributed by atoms with E-state index >= 15 is 0 Å². The van der Waals surface area contributed by atoms with Crippen molar-refractivity contribution in [3.05, 3.63) is 83.7 Å². The molecule has 6 heteroatoms. The van der Waals surface area contributed by atoms with Gasteiger partial charge in [-0.15, -0.1) is 0 Å². The second-order valence-corrected chi connectivity index (χ2v) is 5.83. The number of amides is 2. The van der Waals surface area contributed by atoms with Crippen molar-refractivity contribution in [2.24, 2.45) is 0 Å². The standard InChI is InChI=1S/C21H19N3O3/c1-14-8-3-4-9-15(14)23-20(25)17-11-7-12-18(22-17)21(26)24-16-10-5-6-13-19(16)27-2/h3-13H,1-2H3,(H,23,25)(H,24,26). The Kier molecular flexibility index (Phi) is 5.47. The third kappa shape index (κ3) is 4.30. The largest absolute Gasteiger partial charge is 0.495 e. The first-order valence-electron chi connectivity index (χ1n) is 8.37. The molecule has 0 aliphatic rings. The Labute approximate surface area is 157 Å². The van der Waals surface area contributed by atoms with Gasteiger partial charge in [-0.2, -0.15) is 0 Å². The van der Waals surface area contributed by atoms with Crippen molar-refractivity contribution in [1.29, 1.82) is 0 Å². The number of hydrogen-bond donors (Lipinski definition) is 2. The maximum absolute atomic E-state index is 12.5. The van der Waals surface area contributed by atoms with Gasteiger partial charge in [0, 0.05) is 5.69 Å². The summed E-state index contributed by atoms with van der Waals surface area (Å²) < 4.78 is 5.22. The van der Waals surface area contributed by atoms with Crippen LogP contribution in [0.4, 0.5) is 11.4 Å². The van der Waals surface area contributed by atoms with E-state index < -0.39 is 5.91 Å². The van der Waals surface area contributed by atoms with Gasteiger partial charge in [0.05, 0.1) is 12.8 Å². The van der Waals surface area contributed by atoms with Gasteiger partial charge in [0.15, 0.2) is 0 Å². The molecule has 3 aromatic rings. The molecule has 27 heavy (non-hydrogen) atoms. The first-order valence-corrected chi connectivity index (χ1v) is 8.37. The molecule has 3 rings (SSSR count). The predicted octanol–water partition coefficient (Wildman–Crippen LogP) is 3.90. The van der Waals surface area contributed by atoms with Gasteiger partial charge in [-0.25, -0.2) is 4.98 Å². The Hall–Kier alpha value is -3.67. The molecule has 2 aromatic carbocycles. The number of aryl methyl sites for hydroxylation is 1. The topological polar surface area (TPSA) is 80.3 Å². The van der Waals surface area contributed by atoms with Crippen molar-refractivity contribution in [2.75, 3.05) is 17.7 Å². The van der Waals surface area contributed by atoms with Crippen molar-refractivity contribution in [3.8, 4) is 5.75 Å². The molecule has 2 N–H and O–H groups in total. The fourth-order valence-electron chi connectivity index (χ4n) is 2.52. The average Bonchev–Trinajstić information content (AvgIpc) is 2.70. The number of pyridine rings is 1. The first kappa shape index (κ1) is 18.1. The van der Waals surface area contributed by atoms with E-state index in [-0.39, 0.29) is 17.3 Å². The molecule has 0 aliphatic carbocycles. The monoisotopic (exact) mass is 361 g/mol. The third-order valence-corrected chi connectivity index (χ3v) is 3.96. The van der Waals surface area contributed by atoms with Crippen molar-refractivity contribution < 1.29 is 14.3 Å². The lowest BCUT2D eigenvalue weighted by Crippen LogP contribution is -2.19. The van der Waals surface area contributed by atoms with Crippen molar-refractivity contribution in [2.45, 2.75) is 6.92 Å². The fourth-order valence-corrected chi connectivity index (χ4v) is 2.52. The maximum atomic E-state index is 12.5. The molecule has 0 unspecified atom stereocenters. The number of methoxy groups -OCH3 is 1. The highest BCUT2D eigenvalue weighted by Gasteiger charge is 2.14. The molecule has 0 aliphatic heterocycles.